The van der Waals surface area contributed by atoms with E-state index in [1.807, 2.05) is 19.1 Å². The molecule has 1 atom stereocenters. The SMILES string of the molecule is CCc1nc(N)nc2c1C(=O)C[C@@H](c1ccco1)C2. The van der Waals surface area contributed by atoms with Crippen LogP contribution in [0.1, 0.15) is 46.8 Å². The molecular weight excluding hydrogens is 242 g/mol. The maximum atomic E-state index is 12.3. The third kappa shape index (κ3) is 2.01. The van der Waals surface area contributed by atoms with E-state index in [2.05, 4.69) is 9.97 Å². The maximum Gasteiger partial charge on any atom is 0.220 e. The molecule has 1 aliphatic rings. The number of nitrogens with two attached hydrogens (primary N) is 1. The molecule has 0 radical (unpaired) electrons. The zero-order valence-corrected chi connectivity index (χ0v) is 10.7. The first-order chi connectivity index (χ1) is 9.19. The number of hydrogen-bond acceptors (Lipinski definition) is 5. The van der Waals surface area contributed by atoms with Crippen molar-refractivity contribution >= 4 is 11.7 Å². The van der Waals surface area contributed by atoms with Gasteiger partial charge >= 0.3 is 0 Å². The summed E-state index contributed by atoms with van der Waals surface area (Å²) in [5.41, 5.74) is 7.88. The molecule has 0 aliphatic heterocycles. The van der Waals surface area contributed by atoms with Gasteiger partial charge in [-0.25, -0.2) is 9.97 Å². The number of Topliss-reactive ketones (excluding diaryl/α,β-unsaturated/α-hetero) is 1. The first-order valence-corrected chi connectivity index (χ1v) is 6.41. The summed E-state index contributed by atoms with van der Waals surface area (Å²) >= 11 is 0. The van der Waals surface area contributed by atoms with Gasteiger partial charge in [-0.3, -0.25) is 4.79 Å². The molecule has 19 heavy (non-hydrogen) atoms. The van der Waals surface area contributed by atoms with Crippen LogP contribution in [0.15, 0.2) is 22.8 Å². The van der Waals surface area contributed by atoms with Crippen LogP contribution in [0.4, 0.5) is 5.95 Å². The molecule has 5 nitrogen and oxygen atoms in total. The van der Waals surface area contributed by atoms with E-state index in [-0.39, 0.29) is 17.6 Å². The second-order valence-electron chi connectivity index (χ2n) is 4.75. The Morgan fingerprint density at radius 2 is 2.26 bits per heavy atom. The van der Waals surface area contributed by atoms with Gasteiger partial charge in [0.2, 0.25) is 5.95 Å². The monoisotopic (exact) mass is 257 g/mol. The van der Waals surface area contributed by atoms with Gasteiger partial charge in [-0.1, -0.05) is 6.92 Å². The van der Waals surface area contributed by atoms with E-state index in [1.54, 1.807) is 6.26 Å². The number of carbonyl (C=O) groups is 1. The van der Waals surface area contributed by atoms with Crippen LogP contribution in [0.5, 0.6) is 0 Å². The van der Waals surface area contributed by atoms with Crippen molar-refractivity contribution in [1.29, 1.82) is 0 Å². The highest BCUT2D eigenvalue weighted by atomic mass is 16.3. The summed E-state index contributed by atoms with van der Waals surface area (Å²) in [6, 6.07) is 3.73. The van der Waals surface area contributed by atoms with E-state index in [4.69, 9.17) is 10.2 Å². The van der Waals surface area contributed by atoms with Gasteiger partial charge in [0, 0.05) is 18.8 Å². The minimum Gasteiger partial charge on any atom is -0.469 e. The molecule has 98 valence electrons. The van der Waals surface area contributed by atoms with Crippen molar-refractivity contribution in [2.24, 2.45) is 0 Å². The smallest absolute Gasteiger partial charge is 0.220 e. The fourth-order valence-corrected chi connectivity index (χ4v) is 2.66. The molecule has 0 fully saturated rings. The van der Waals surface area contributed by atoms with Crippen LogP contribution in [-0.2, 0) is 12.8 Å². The Balaban J connectivity index is 2.05. The van der Waals surface area contributed by atoms with Crippen LogP contribution in [-0.4, -0.2) is 15.8 Å². The van der Waals surface area contributed by atoms with Gasteiger partial charge in [0.1, 0.15) is 5.76 Å². The molecule has 2 N–H and O–H groups in total. The zero-order valence-electron chi connectivity index (χ0n) is 10.7. The number of fused-ring (bicyclic) bond motifs is 1. The van der Waals surface area contributed by atoms with Crippen LogP contribution in [0.25, 0.3) is 0 Å². The number of anilines is 1. The van der Waals surface area contributed by atoms with Crippen LogP contribution in [0.3, 0.4) is 0 Å². The number of carbonyl (C=O) groups excluding carboxylic acids is 1. The Morgan fingerprint density at radius 3 is 2.95 bits per heavy atom. The lowest BCUT2D eigenvalue weighted by Gasteiger charge is -2.22. The van der Waals surface area contributed by atoms with Crippen molar-refractivity contribution in [3.05, 3.63) is 41.1 Å². The predicted molar refractivity (Wildman–Crippen MR) is 69.9 cm³/mol. The van der Waals surface area contributed by atoms with E-state index >= 15 is 0 Å². The predicted octanol–water partition coefficient (Wildman–Crippen LogP) is 2.13. The fourth-order valence-electron chi connectivity index (χ4n) is 2.66. The summed E-state index contributed by atoms with van der Waals surface area (Å²) in [6.45, 7) is 1.97. The van der Waals surface area contributed by atoms with E-state index in [0.717, 1.165) is 17.1 Å². The molecule has 5 heteroatoms. The lowest BCUT2D eigenvalue weighted by Crippen LogP contribution is -2.23. The molecule has 1 aliphatic carbocycles. The second kappa shape index (κ2) is 4.50. The van der Waals surface area contributed by atoms with Gasteiger partial charge in [-0.2, -0.15) is 0 Å². The lowest BCUT2D eigenvalue weighted by atomic mass is 9.83. The quantitative estimate of drug-likeness (QED) is 0.891. The molecule has 0 saturated carbocycles. The van der Waals surface area contributed by atoms with Gasteiger partial charge in [0.25, 0.3) is 0 Å². The van der Waals surface area contributed by atoms with E-state index in [0.29, 0.717) is 24.8 Å². The number of rotatable bonds is 2. The Morgan fingerprint density at radius 1 is 1.42 bits per heavy atom. The van der Waals surface area contributed by atoms with Gasteiger partial charge < -0.3 is 10.2 Å². The highest BCUT2D eigenvalue weighted by Crippen LogP contribution is 2.33. The molecule has 0 spiro atoms. The maximum absolute atomic E-state index is 12.3. The van der Waals surface area contributed by atoms with Crippen molar-refractivity contribution in [2.75, 3.05) is 5.73 Å². The van der Waals surface area contributed by atoms with Crippen molar-refractivity contribution in [2.45, 2.75) is 32.1 Å². The number of furan rings is 1. The summed E-state index contributed by atoms with van der Waals surface area (Å²) in [7, 11) is 0. The Hall–Kier alpha value is -2.17. The van der Waals surface area contributed by atoms with E-state index < -0.39 is 0 Å². The van der Waals surface area contributed by atoms with Crippen LogP contribution >= 0.6 is 0 Å². The van der Waals surface area contributed by atoms with Crippen molar-refractivity contribution in [1.82, 2.24) is 9.97 Å². The normalized spacial score (nSPS) is 18.4. The number of aryl methyl sites for hydroxylation is 1. The minimum atomic E-state index is 0.0500. The largest absolute Gasteiger partial charge is 0.469 e. The Labute approximate surface area is 110 Å². The highest BCUT2D eigenvalue weighted by molar-refractivity contribution is 5.99. The summed E-state index contributed by atoms with van der Waals surface area (Å²) in [5.74, 6) is 1.20. The first kappa shape index (κ1) is 11.9. The number of aromatic nitrogens is 2. The summed E-state index contributed by atoms with van der Waals surface area (Å²) in [4.78, 5) is 20.7. The Kier molecular flexibility index (Phi) is 2.81. The van der Waals surface area contributed by atoms with Crippen LogP contribution < -0.4 is 5.73 Å². The number of hydrogen-bond donors (Lipinski definition) is 1. The van der Waals surface area contributed by atoms with Crippen LogP contribution in [0, 0.1) is 0 Å². The van der Waals surface area contributed by atoms with Gasteiger partial charge in [-0.05, 0) is 18.6 Å². The zero-order chi connectivity index (χ0) is 13.4. The number of nitrogen functional groups attached to an aromatic ring is 1. The van der Waals surface area contributed by atoms with Crippen LogP contribution in [0.2, 0.25) is 0 Å². The molecule has 3 rings (SSSR count). The molecular formula is C14H15N3O2. The molecule has 0 saturated heterocycles. The average Bonchev–Trinajstić information content (AvgIpc) is 2.90. The fraction of sp³-hybridized carbons (Fsp3) is 0.357. The summed E-state index contributed by atoms with van der Waals surface area (Å²) < 4.78 is 5.40. The molecule has 0 unspecified atom stereocenters. The third-order valence-corrected chi connectivity index (χ3v) is 3.51. The van der Waals surface area contributed by atoms with E-state index in [1.165, 1.54) is 0 Å². The molecule has 0 aromatic carbocycles. The standard InChI is InChI=1S/C14H15N3O2/c1-2-9-13-10(17-14(15)16-9)6-8(7-11(13)18)12-4-3-5-19-12/h3-5,8H,2,6-7H2,1H3,(H2,15,16,17)/t8-/m0/s1. The molecule has 2 aromatic rings. The lowest BCUT2D eigenvalue weighted by molar-refractivity contribution is 0.0957. The minimum absolute atomic E-state index is 0.0500. The third-order valence-electron chi connectivity index (χ3n) is 3.51. The van der Waals surface area contributed by atoms with Crippen molar-refractivity contribution in [3.63, 3.8) is 0 Å². The molecule has 2 heterocycles. The molecule has 2 aromatic heterocycles. The summed E-state index contributed by atoms with van der Waals surface area (Å²) in [5, 5.41) is 0. The van der Waals surface area contributed by atoms with Crippen molar-refractivity contribution in [3.8, 4) is 0 Å². The Bertz CT molecular complexity index is 620. The van der Waals surface area contributed by atoms with Gasteiger partial charge in [0.05, 0.1) is 23.2 Å². The average molecular weight is 257 g/mol. The summed E-state index contributed by atoms with van der Waals surface area (Å²) in [6.07, 6.45) is 3.43. The van der Waals surface area contributed by atoms with Gasteiger partial charge in [-0.15, -0.1) is 0 Å². The second-order valence-corrected chi connectivity index (χ2v) is 4.75. The highest BCUT2D eigenvalue weighted by Gasteiger charge is 2.31. The molecule has 0 bridgehead atoms. The first-order valence-electron chi connectivity index (χ1n) is 6.41. The van der Waals surface area contributed by atoms with Crippen molar-refractivity contribution < 1.29 is 9.21 Å². The molecule has 0 amide bonds. The van der Waals surface area contributed by atoms with Gasteiger partial charge in [0.15, 0.2) is 5.78 Å². The van der Waals surface area contributed by atoms with E-state index in [9.17, 15) is 4.79 Å². The number of nitrogens with zero attached hydrogens (tertiary/aromatic N) is 2. The number of ketones is 1. The topological polar surface area (TPSA) is 82.0 Å².